The van der Waals surface area contributed by atoms with Crippen molar-refractivity contribution in [1.82, 2.24) is 10.2 Å². The molecule has 0 aromatic rings. The number of hydrogen-bond donors (Lipinski definition) is 3. The van der Waals surface area contributed by atoms with Gasteiger partial charge in [0.15, 0.2) is 0 Å². The Hall–Kier alpha value is -0.160. The second-order valence-electron chi connectivity index (χ2n) is 3.68. The van der Waals surface area contributed by atoms with Crippen molar-refractivity contribution in [3.8, 4) is 0 Å². The summed E-state index contributed by atoms with van der Waals surface area (Å²) in [5.74, 6) is 0. The summed E-state index contributed by atoms with van der Waals surface area (Å²) in [5.41, 5.74) is 0. The van der Waals surface area contributed by atoms with Crippen LogP contribution in [0.25, 0.3) is 0 Å². The predicted molar refractivity (Wildman–Crippen MR) is 51.6 cm³/mol. The average Bonchev–Trinajstić information content (AvgIpc) is 2.30. The molecule has 0 aromatic heterocycles. The van der Waals surface area contributed by atoms with Crippen LogP contribution in [0.5, 0.6) is 0 Å². The number of hydrogen-bond acceptors (Lipinski definition) is 4. The van der Waals surface area contributed by atoms with Gasteiger partial charge in [-0.3, -0.25) is 4.90 Å². The van der Waals surface area contributed by atoms with Crippen LogP contribution >= 0.6 is 0 Å². The number of aliphatic hydroxyl groups excluding tert-OH is 2. The van der Waals surface area contributed by atoms with Crippen LogP contribution in [0, 0.1) is 0 Å². The Balaban J connectivity index is 2.30. The van der Waals surface area contributed by atoms with E-state index in [9.17, 15) is 10.2 Å². The van der Waals surface area contributed by atoms with Gasteiger partial charge in [0.2, 0.25) is 0 Å². The molecule has 0 aliphatic carbocycles. The van der Waals surface area contributed by atoms with Gasteiger partial charge >= 0.3 is 0 Å². The van der Waals surface area contributed by atoms with Crippen molar-refractivity contribution < 1.29 is 10.2 Å². The third kappa shape index (κ3) is 4.04. The summed E-state index contributed by atoms with van der Waals surface area (Å²) in [6, 6.07) is 0. The van der Waals surface area contributed by atoms with Crippen molar-refractivity contribution in [2.75, 3.05) is 32.7 Å². The Labute approximate surface area is 79.6 Å². The van der Waals surface area contributed by atoms with Gasteiger partial charge in [0, 0.05) is 32.7 Å². The minimum absolute atomic E-state index is 0.259. The first-order valence-electron chi connectivity index (χ1n) is 5.01. The topological polar surface area (TPSA) is 55.7 Å². The zero-order valence-corrected chi connectivity index (χ0v) is 8.24. The Morgan fingerprint density at radius 1 is 1.62 bits per heavy atom. The van der Waals surface area contributed by atoms with Crippen LogP contribution in [0.3, 0.4) is 0 Å². The second kappa shape index (κ2) is 5.54. The smallest absolute Gasteiger partial charge is 0.0791 e. The number of β-amino-alcohol motifs (C(OH)–C–C–N with tert-alkyl or cyclic N) is 2. The molecule has 1 aliphatic heterocycles. The van der Waals surface area contributed by atoms with Crippen LogP contribution < -0.4 is 5.32 Å². The van der Waals surface area contributed by atoms with E-state index in [0.29, 0.717) is 19.6 Å². The molecule has 2 unspecified atom stereocenters. The quantitative estimate of drug-likeness (QED) is 0.533. The molecule has 1 aliphatic rings. The van der Waals surface area contributed by atoms with Crippen LogP contribution in [-0.2, 0) is 0 Å². The molecule has 1 heterocycles. The fourth-order valence-electron chi connectivity index (χ4n) is 1.55. The Kier molecular flexibility index (Phi) is 4.66. The molecule has 3 N–H and O–H groups in total. The summed E-state index contributed by atoms with van der Waals surface area (Å²) in [6.07, 6.45) is 0.219. The first-order valence-corrected chi connectivity index (χ1v) is 5.01. The number of nitrogens with one attached hydrogen (secondary N) is 1. The molecule has 0 saturated carbocycles. The molecule has 2 atom stereocenters. The van der Waals surface area contributed by atoms with Crippen molar-refractivity contribution in [3.63, 3.8) is 0 Å². The minimum atomic E-state index is -0.299. The molecule has 0 spiro atoms. The summed E-state index contributed by atoms with van der Waals surface area (Å²) < 4.78 is 0. The van der Waals surface area contributed by atoms with Crippen molar-refractivity contribution in [2.45, 2.75) is 25.6 Å². The van der Waals surface area contributed by atoms with Crippen LogP contribution in [-0.4, -0.2) is 60.0 Å². The molecule has 13 heavy (non-hydrogen) atoms. The summed E-state index contributed by atoms with van der Waals surface area (Å²) in [6.45, 7) is 5.79. The van der Waals surface area contributed by atoms with Gasteiger partial charge in [0.1, 0.15) is 0 Å². The summed E-state index contributed by atoms with van der Waals surface area (Å²) >= 11 is 0. The first kappa shape index (κ1) is 10.9. The van der Waals surface area contributed by atoms with E-state index in [4.69, 9.17) is 0 Å². The predicted octanol–water partition coefficient (Wildman–Crippen LogP) is -0.977. The monoisotopic (exact) mass is 188 g/mol. The number of nitrogens with zero attached hydrogens (tertiary/aromatic N) is 1. The fraction of sp³-hybridized carbons (Fsp3) is 1.00. The first-order chi connectivity index (χ1) is 6.22. The second-order valence-corrected chi connectivity index (χ2v) is 3.68. The lowest BCUT2D eigenvalue weighted by molar-refractivity contribution is 0.0805. The molecule has 0 bridgehead atoms. The normalized spacial score (nSPS) is 28.4. The van der Waals surface area contributed by atoms with Gasteiger partial charge in [0.25, 0.3) is 0 Å². The van der Waals surface area contributed by atoms with E-state index in [1.165, 1.54) is 0 Å². The highest BCUT2D eigenvalue weighted by molar-refractivity contribution is 4.74. The maximum absolute atomic E-state index is 9.46. The van der Waals surface area contributed by atoms with E-state index >= 15 is 0 Å². The minimum Gasteiger partial charge on any atom is -0.392 e. The lowest BCUT2D eigenvalue weighted by Crippen LogP contribution is -2.37. The Morgan fingerprint density at radius 3 is 3.08 bits per heavy atom. The largest absolute Gasteiger partial charge is 0.392 e. The standard InChI is InChI=1S/C9H20N2O2/c1-2-8(12)6-11-4-3-10-5-9(13)7-11/h8-10,12-13H,2-7H2,1H3. The third-order valence-electron chi connectivity index (χ3n) is 2.39. The molecule has 1 fully saturated rings. The molecule has 4 nitrogen and oxygen atoms in total. The van der Waals surface area contributed by atoms with Crippen LogP contribution in [0.15, 0.2) is 0 Å². The van der Waals surface area contributed by atoms with Gasteiger partial charge in [-0.05, 0) is 6.42 Å². The molecular formula is C9H20N2O2. The molecule has 1 saturated heterocycles. The van der Waals surface area contributed by atoms with Crippen LogP contribution in [0.1, 0.15) is 13.3 Å². The number of rotatable bonds is 3. The van der Waals surface area contributed by atoms with Crippen LogP contribution in [0.2, 0.25) is 0 Å². The Morgan fingerprint density at radius 2 is 2.38 bits per heavy atom. The molecule has 1 rings (SSSR count). The van der Waals surface area contributed by atoms with Gasteiger partial charge in [-0.25, -0.2) is 0 Å². The molecule has 4 heteroatoms. The molecule has 0 amide bonds. The average molecular weight is 188 g/mol. The third-order valence-corrected chi connectivity index (χ3v) is 2.39. The molecule has 78 valence electrons. The van der Waals surface area contributed by atoms with E-state index < -0.39 is 0 Å². The molecule has 0 radical (unpaired) electrons. The van der Waals surface area contributed by atoms with Crippen LogP contribution in [0.4, 0.5) is 0 Å². The van der Waals surface area contributed by atoms with Gasteiger partial charge in [-0.2, -0.15) is 0 Å². The summed E-state index contributed by atoms with van der Waals surface area (Å²) in [7, 11) is 0. The fourth-order valence-corrected chi connectivity index (χ4v) is 1.55. The Bertz CT molecular complexity index is 144. The highest BCUT2D eigenvalue weighted by Crippen LogP contribution is 2.00. The maximum Gasteiger partial charge on any atom is 0.0791 e. The highest BCUT2D eigenvalue weighted by Gasteiger charge is 2.17. The lowest BCUT2D eigenvalue weighted by Gasteiger charge is -2.23. The van der Waals surface area contributed by atoms with Crippen molar-refractivity contribution in [3.05, 3.63) is 0 Å². The summed E-state index contributed by atoms with van der Waals surface area (Å²) in [5, 5.41) is 22.0. The van der Waals surface area contributed by atoms with Gasteiger partial charge in [-0.15, -0.1) is 0 Å². The van der Waals surface area contributed by atoms with Crippen molar-refractivity contribution in [1.29, 1.82) is 0 Å². The van der Waals surface area contributed by atoms with E-state index in [2.05, 4.69) is 10.2 Å². The zero-order valence-electron chi connectivity index (χ0n) is 8.24. The van der Waals surface area contributed by atoms with Gasteiger partial charge < -0.3 is 15.5 Å². The molecular weight excluding hydrogens is 168 g/mol. The van der Waals surface area contributed by atoms with Gasteiger partial charge in [-0.1, -0.05) is 6.92 Å². The van der Waals surface area contributed by atoms with Crippen molar-refractivity contribution >= 4 is 0 Å². The number of aliphatic hydroxyl groups is 2. The maximum atomic E-state index is 9.46. The van der Waals surface area contributed by atoms with Gasteiger partial charge in [0.05, 0.1) is 12.2 Å². The lowest BCUT2D eigenvalue weighted by atomic mass is 10.2. The highest BCUT2D eigenvalue weighted by atomic mass is 16.3. The molecule has 0 aromatic carbocycles. The van der Waals surface area contributed by atoms with E-state index in [-0.39, 0.29) is 12.2 Å². The van der Waals surface area contributed by atoms with E-state index in [0.717, 1.165) is 19.5 Å². The van der Waals surface area contributed by atoms with Crippen molar-refractivity contribution in [2.24, 2.45) is 0 Å². The van der Waals surface area contributed by atoms with E-state index in [1.54, 1.807) is 0 Å². The zero-order chi connectivity index (χ0) is 9.68. The SMILES string of the molecule is CCC(O)CN1CCNCC(O)C1. The van der Waals surface area contributed by atoms with E-state index in [1.807, 2.05) is 6.92 Å². The summed E-state index contributed by atoms with van der Waals surface area (Å²) in [4.78, 5) is 2.11.